The maximum atomic E-state index is 11.6. The van der Waals surface area contributed by atoms with Crippen LogP contribution in [0.15, 0.2) is 33.3 Å². The fourth-order valence-electron chi connectivity index (χ4n) is 1.77. The van der Waals surface area contributed by atoms with Crippen molar-refractivity contribution in [1.82, 2.24) is 10.1 Å². The molecule has 92 valence electrons. The molecule has 0 radical (unpaired) electrons. The van der Waals surface area contributed by atoms with Crippen molar-refractivity contribution >= 4 is 33.5 Å². The minimum absolute atomic E-state index is 0.172. The molecule has 0 bridgehead atoms. The first-order valence-corrected chi connectivity index (χ1v) is 7.39. The van der Waals surface area contributed by atoms with Crippen molar-refractivity contribution in [3.05, 3.63) is 34.6 Å². The second-order valence-electron chi connectivity index (χ2n) is 4.00. The zero-order chi connectivity index (χ0) is 12.5. The Bertz CT molecular complexity index is 582. The summed E-state index contributed by atoms with van der Waals surface area (Å²) in [6, 6.07) is 7.65. The van der Waals surface area contributed by atoms with Crippen LogP contribution >= 0.6 is 27.7 Å². The van der Waals surface area contributed by atoms with Crippen molar-refractivity contribution in [1.29, 1.82) is 0 Å². The zero-order valence-electron chi connectivity index (χ0n) is 9.30. The Balaban J connectivity index is 1.89. The van der Waals surface area contributed by atoms with Crippen molar-refractivity contribution in [2.45, 2.75) is 5.92 Å². The molecule has 0 N–H and O–H groups in total. The summed E-state index contributed by atoms with van der Waals surface area (Å²) in [5.41, 5.74) is 0.881. The van der Waals surface area contributed by atoms with Gasteiger partial charge in [-0.05, 0) is 24.3 Å². The normalized spacial score (nSPS) is 19.4. The summed E-state index contributed by atoms with van der Waals surface area (Å²) in [7, 11) is 0. The summed E-state index contributed by atoms with van der Waals surface area (Å²) >= 11 is 4.98. The molecule has 3 rings (SSSR count). The average Bonchev–Trinajstić information content (AvgIpc) is 2.98. The molecule has 1 fully saturated rings. The predicted molar refractivity (Wildman–Crippen MR) is 72.5 cm³/mol. The summed E-state index contributed by atoms with van der Waals surface area (Å²) in [6.07, 6.45) is 0. The molecular weight excluding hydrogens is 316 g/mol. The third kappa shape index (κ3) is 2.22. The van der Waals surface area contributed by atoms with Crippen LogP contribution in [0.1, 0.15) is 11.8 Å². The predicted octanol–water partition coefficient (Wildman–Crippen LogP) is 2.90. The van der Waals surface area contributed by atoms with Gasteiger partial charge in [0.25, 0.3) is 0 Å². The number of thioether (sulfide) groups is 1. The molecule has 1 aliphatic heterocycles. The van der Waals surface area contributed by atoms with Crippen molar-refractivity contribution in [3.63, 3.8) is 0 Å². The molecule has 1 atom stereocenters. The molecule has 1 aliphatic rings. The van der Waals surface area contributed by atoms with Gasteiger partial charge in [0, 0.05) is 15.8 Å². The minimum atomic E-state index is -0.230. The van der Waals surface area contributed by atoms with Gasteiger partial charge in [-0.1, -0.05) is 21.1 Å². The number of ketones is 1. The maximum Gasteiger partial charge on any atom is 0.238 e. The molecule has 0 amide bonds. The van der Waals surface area contributed by atoms with Crippen LogP contribution in [0.3, 0.4) is 0 Å². The van der Waals surface area contributed by atoms with Crippen molar-refractivity contribution < 1.29 is 9.32 Å². The lowest BCUT2D eigenvalue weighted by Crippen LogP contribution is -2.09. The van der Waals surface area contributed by atoms with Crippen molar-refractivity contribution in [3.8, 4) is 11.4 Å². The van der Waals surface area contributed by atoms with Crippen LogP contribution in [0.5, 0.6) is 0 Å². The number of benzene rings is 1. The van der Waals surface area contributed by atoms with E-state index in [0.29, 0.717) is 17.5 Å². The fraction of sp³-hybridized carbons (Fsp3) is 0.250. The lowest BCUT2D eigenvalue weighted by Gasteiger charge is -1.97. The monoisotopic (exact) mass is 324 g/mol. The Morgan fingerprint density at radius 1 is 1.33 bits per heavy atom. The maximum absolute atomic E-state index is 11.6. The first-order valence-electron chi connectivity index (χ1n) is 5.44. The Morgan fingerprint density at radius 3 is 2.78 bits per heavy atom. The van der Waals surface area contributed by atoms with E-state index in [2.05, 4.69) is 26.1 Å². The number of carbonyl (C=O) groups is 1. The van der Waals surface area contributed by atoms with Gasteiger partial charge in [-0.2, -0.15) is 16.7 Å². The van der Waals surface area contributed by atoms with E-state index < -0.39 is 0 Å². The van der Waals surface area contributed by atoms with Gasteiger partial charge in [-0.25, -0.2) is 0 Å². The van der Waals surface area contributed by atoms with Crippen LogP contribution in [-0.4, -0.2) is 27.4 Å². The number of hydrogen-bond donors (Lipinski definition) is 0. The second kappa shape index (κ2) is 4.85. The lowest BCUT2D eigenvalue weighted by atomic mass is 10.1. The van der Waals surface area contributed by atoms with Gasteiger partial charge in [0.05, 0.1) is 5.75 Å². The van der Waals surface area contributed by atoms with E-state index in [1.807, 2.05) is 24.3 Å². The molecule has 18 heavy (non-hydrogen) atoms. The fourth-order valence-corrected chi connectivity index (χ4v) is 3.12. The highest BCUT2D eigenvalue weighted by Gasteiger charge is 2.31. The van der Waals surface area contributed by atoms with Gasteiger partial charge in [0.2, 0.25) is 11.7 Å². The van der Waals surface area contributed by atoms with Gasteiger partial charge in [-0.15, -0.1) is 0 Å². The van der Waals surface area contributed by atoms with E-state index in [-0.39, 0.29) is 11.7 Å². The Morgan fingerprint density at radius 2 is 2.11 bits per heavy atom. The molecule has 2 heterocycles. The molecule has 2 aromatic rings. The molecular formula is C12H9BrN2O2S. The first-order chi connectivity index (χ1) is 8.74. The Kier molecular flexibility index (Phi) is 3.22. The van der Waals surface area contributed by atoms with Crippen LogP contribution in [0, 0.1) is 0 Å². The molecule has 4 nitrogen and oxygen atoms in total. The van der Waals surface area contributed by atoms with Gasteiger partial charge in [-0.3, -0.25) is 4.79 Å². The molecule has 0 aliphatic carbocycles. The van der Waals surface area contributed by atoms with E-state index in [1.54, 1.807) is 11.8 Å². The highest BCUT2D eigenvalue weighted by atomic mass is 79.9. The van der Waals surface area contributed by atoms with Crippen LogP contribution in [0.4, 0.5) is 0 Å². The number of halogens is 1. The third-order valence-corrected chi connectivity index (χ3v) is 4.35. The average molecular weight is 325 g/mol. The molecule has 1 saturated heterocycles. The quantitative estimate of drug-likeness (QED) is 0.850. The van der Waals surface area contributed by atoms with Crippen LogP contribution in [0.2, 0.25) is 0 Å². The molecule has 1 aromatic heterocycles. The number of nitrogens with zero attached hydrogens (tertiary/aromatic N) is 2. The topological polar surface area (TPSA) is 56.0 Å². The van der Waals surface area contributed by atoms with Crippen LogP contribution in [-0.2, 0) is 4.79 Å². The highest BCUT2D eigenvalue weighted by Crippen LogP contribution is 2.29. The van der Waals surface area contributed by atoms with Crippen LogP contribution in [0.25, 0.3) is 11.4 Å². The second-order valence-corrected chi connectivity index (χ2v) is 5.94. The van der Waals surface area contributed by atoms with E-state index >= 15 is 0 Å². The Hall–Kier alpha value is -1.14. The summed E-state index contributed by atoms with van der Waals surface area (Å²) in [5.74, 6) is 2.18. The molecule has 1 unspecified atom stereocenters. The largest absolute Gasteiger partial charge is 0.338 e. The van der Waals surface area contributed by atoms with Crippen molar-refractivity contribution in [2.75, 3.05) is 11.5 Å². The number of Topliss-reactive ketones (excluding diaryl/α,β-unsaturated/α-hetero) is 1. The van der Waals surface area contributed by atoms with Gasteiger partial charge >= 0.3 is 0 Å². The number of rotatable bonds is 2. The van der Waals surface area contributed by atoms with E-state index in [0.717, 1.165) is 15.8 Å². The number of hydrogen-bond acceptors (Lipinski definition) is 5. The van der Waals surface area contributed by atoms with Gasteiger partial charge < -0.3 is 4.52 Å². The highest BCUT2D eigenvalue weighted by molar-refractivity contribution is 9.10. The summed E-state index contributed by atoms with van der Waals surface area (Å²) in [4.78, 5) is 15.9. The smallest absolute Gasteiger partial charge is 0.238 e. The van der Waals surface area contributed by atoms with E-state index in [1.165, 1.54) is 0 Å². The van der Waals surface area contributed by atoms with Crippen molar-refractivity contribution in [2.24, 2.45) is 0 Å². The standard InChI is InChI=1S/C12H9BrN2O2S/c13-8-3-1-7(2-4-8)11-14-12(17-15-11)9-5-18-6-10(9)16/h1-4,9H,5-6H2. The van der Waals surface area contributed by atoms with E-state index in [4.69, 9.17) is 4.52 Å². The van der Waals surface area contributed by atoms with Crippen LogP contribution < -0.4 is 0 Å². The summed E-state index contributed by atoms with van der Waals surface area (Å²) < 4.78 is 6.19. The summed E-state index contributed by atoms with van der Waals surface area (Å²) in [6.45, 7) is 0. The van der Waals surface area contributed by atoms with Gasteiger partial charge in [0.1, 0.15) is 5.92 Å². The SMILES string of the molecule is O=C1CSCC1c1nc(-c2ccc(Br)cc2)no1. The summed E-state index contributed by atoms with van der Waals surface area (Å²) in [5, 5.41) is 3.93. The number of aromatic nitrogens is 2. The Labute approximate surface area is 116 Å². The lowest BCUT2D eigenvalue weighted by molar-refractivity contribution is -0.117. The number of carbonyl (C=O) groups excluding carboxylic acids is 1. The molecule has 6 heteroatoms. The molecule has 0 saturated carbocycles. The minimum Gasteiger partial charge on any atom is -0.338 e. The van der Waals surface area contributed by atoms with E-state index in [9.17, 15) is 4.79 Å². The molecule has 0 spiro atoms. The third-order valence-electron chi connectivity index (χ3n) is 2.76. The van der Waals surface area contributed by atoms with Gasteiger partial charge in [0.15, 0.2) is 5.78 Å². The first kappa shape index (κ1) is 11.9. The molecule has 1 aromatic carbocycles. The zero-order valence-corrected chi connectivity index (χ0v) is 11.7.